The highest BCUT2D eigenvalue weighted by atomic mass is 32.2. The van der Waals surface area contributed by atoms with E-state index in [1.54, 1.807) is 18.0 Å². The molecule has 0 unspecified atom stereocenters. The summed E-state index contributed by atoms with van der Waals surface area (Å²) in [6.45, 7) is 0.0985. The van der Waals surface area contributed by atoms with Crippen molar-refractivity contribution in [2.24, 2.45) is 0 Å². The van der Waals surface area contributed by atoms with E-state index in [0.717, 1.165) is 11.3 Å². The fourth-order valence-electron chi connectivity index (χ4n) is 1.38. The van der Waals surface area contributed by atoms with Crippen LogP contribution < -0.4 is 0 Å². The maximum atomic E-state index is 9.03. The molecule has 0 bridgehead atoms. The number of pyridine rings is 1. The molecule has 3 heteroatoms. The van der Waals surface area contributed by atoms with E-state index < -0.39 is 0 Å². The number of benzene rings is 1. The minimum atomic E-state index is 0.0985. The second kappa shape index (κ2) is 5.68. The van der Waals surface area contributed by atoms with Crippen LogP contribution in [0, 0.1) is 0 Å². The van der Waals surface area contributed by atoms with Crippen LogP contribution in [-0.4, -0.2) is 10.1 Å². The quantitative estimate of drug-likeness (QED) is 0.821. The van der Waals surface area contributed by atoms with Gasteiger partial charge in [-0.15, -0.1) is 11.8 Å². The van der Waals surface area contributed by atoms with Gasteiger partial charge in [-0.2, -0.15) is 0 Å². The zero-order valence-corrected chi connectivity index (χ0v) is 9.65. The predicted molar refractivity (Wildman–Crippen MR) is 66.2 cm³/mol. The van der Waals surface area contributed by atoms with Crippen molar-refractivity contribution < 1.29 is 5.11 Å². The van der Waals surface area contributed by atoms with E-state index >= 15 is 0 Å². The Kier molecular flexibility index (Phi) is 3.97. The molecule has 1 N–H and O–H groups in total. The molecule has 1 aromatic heterocycles. The van der Waals surface area contributed by atoms with Gasteiger partial charge in [0, 0.05) is 23.0 Å². The van der Waals surface area contributed by atoms with Crippen molar-refractivity contribution in [2.45, 2.75) is 17.3 Å². The van der Waals surface area contributed by atoms with E-state index in [9.17, 15) is 0 Å². The molecular weight excluding hydrogens is 218 g/mol. The fraction of sp³-hybridized carbons (Fsp3) is 0.154. The number of nitrogens with zero attached hydrogens (tertiary/aromatic N) is 1. The number of rotatable bonds is 4. The van der Waals surface area contributed by atoms with Crippen molar-refractivity contribution in [3.05, 3.63) is 59.9 Å². The van der Waals surface area contributed by atoms with Crippen molar-refractivity contribution in [2.75, 3.05) is 0 Å². The number of thioether (sulfide) groups is 1. The van der Waals surface area contributed by atoms with E-state index in [-0.39, 0.29) is 6.61 Å². The van der Waals surface area contributed by atoms with Gasteiger partial charge in [0.05, 0.1) is 6.61 Å². The van der Waals surface area contributed by atoms with Crippen LogP contribution >= 0.6 is 11.8 Å². The Balaban J connectivity index is 1.99. The maximum absolute atomic E-state index is 9.03. The third-order valence-electron chi connectivity index (χ3n) is 2.21. The third-order valence-corrected chi connectivity index (χ3v) is 3.27. The van der Waals surface area contributed by atoms with Crippen LogP contribution in [0.5, 0.6) is 0 Å². The molecule has 0 saturated heterocycles. The topological polar surface area (TPSA) is 33.1 Å². The minimum absolute atomic E-state index is 0.0985. The smallest absolute Gasteiger partial charge is 0.0682 e. The lowest BCUT2D eigenvalue weighted by Crippen LogP contribution is -1.84. The minimum Gasteiger partial charge on any atom is -0.392 e. The first-order chi connectivity index (χ1) is 7.88. The molecule has 0 amide bonds. The molecule has 0 aliphatic carbocycles. The number of aromatic nitrogens is 1. The molecule has 0 spiro atoms. The summed E-state index contributed by atoms with van der Waals surface area (Å²) in [6, 6.07) is 12.0. The van der Waals surface area contributed by atoms with Crippen LogP contribution in [0.25, 0.3) is 0 Å². The van der Waals surface area contributed by atoms with E-state index in [0.29, 0.717) is 0 Å². The van der Waals surface area contributed by atoms with Gasteiger partial charge in [-0.1, -0.05) is 18.2 Å². The molecule has 0 saturated carbocycles. The molecule has 2 aromatic rings. The molecular formula is C13H13NOS. The number of hydrogen-bond acceptors (Lipinski definition) is 3. The van der Waals surface area contributed by atoms with Gasteiger partial charge in [0.15, 0.2) is 0 Å². The lowest BCUT2D eigenvalue weighted by molar-refractivity contribution is 0.281. The molecule has 0 radical (unpaired) electrons. The Labute approximate surface area is 99.4 Å². The first-order valence-electron chi connectivity index (χ1n) is 5.10. The summed E-state index contributed by atoms with van der Waals surface area (Å²) in [5.41, 5.74) is 2.16. The van der Waals surface area contributed by atoms with Crippen molar-refractivity contribution in [3.63, 3.8) is 0 Å². The molecule has 0 aliphatic heterocycles. The number of aliphatic hydroxyl groups is 1. The van der Waals surface area contributed by atoms with Crippen molar-refractivity contribution in [3.8, 4) is 0 Å². The van der Waals surface area contributed by atoms with Gasteiger partial charge < -0.3 is 5.11 Å². The van der Waals surface area contributed by atoms with E-state index in [1.807, 2.05) is 30.5 Å². The van der Waals surface area contributed by atoms with Gasteiger partial charge in [-0.3, -0.25) is 4.98 Å². The predicted octanol–water partition coefficient (Wildman–Crippen LogP) is 2.87. The average molecular weight is 231 g/mol. The highest BCUT2D eigenvalue weighted by Gasteiger charge is 1.97. The van der Waals surface area contributed by atoms with Crippen molar-refractivity contribution in [1.29, 1.82) is 0 Å². The van der Waals surface area contributed by atoms with Gasteiger partial charge in [-0.05, 0) is 29.3 Å². The van der Waals surface area contributed by atoms with E-state index in [4.69, 9.17) is 5.11 Å². The standard InChI is InChI=1S/C13H13NOS/c15-9-11-3-1-5-13(7-11)16-10-12-4-2-6-14-8-12/h1-8,15H,9-10H2. The maximum Gasteiger partial charge on any atom is 0.0682 e. The largest absolute Gasteiger partial charge is 0.392 e. The zero-order chi connectivity index (χ0) is 11.2. The summed E-state index contributed by atoms with van der Waals surface area (Å²) in [5, 5.41) is 9.03. The fourth-order valence-corrected chi connectivity index (χ4v) is 2.30. The SMILES string of the molecule is OCc1cccc(SCc2cccnc2)c1. The number of hydrogen-bond donors (Lipinski definition) is 1. The van der Waals surface area contributed by atoms with Crippen LogP contribution in [0.2, 0.25) is 0 Å². The van der Waals surface area contributed by atoms with Gasteiger partial charge in [0.1, 0.15) is 0 Å². The van der Waals surface area contributed by atoms with Crippen LogP contribution in [0.1, 0.15) is 11.1 Å². The summed E-state index contributed by atoms with van der Waals surface area (Å²) in [4.78, 5) is 5.25. The van der Waals surface area contributed by atoms with Crippen LogP contribution in [-0.2, 0) is 12.4 Å². The molecule has 2 nitrogen and oxygen atoms in total. The molecule has 0 atom stereocenters. The molecule has 2 rings (SSSR count). The van der Waals surface area contributed by atoms with Crippen molar-refractivity contribution in [1.82, 2.24) is 4.98 Å². The Morgan fingerprint density at radius 1 is 1.12 bits per heavy atom. The van der Waals surface area contributed by atoms with Gasteiger partial charge in [0.25, 0.3) is 0 Å². The molecule has 16 heavy (non-hydrogen) atoms. The Bertz CT molecular complexity index is 445. The first-order valence-corrected chi connectivity index (χ1v) is 6.08. The zero-order valence-electron chi connectivity index (χ0n) is 8.84. The van der Waals surface area contributed by atoms with E-state index in [2.05, 4.69) is 17.1 Å². The lowest BCUT2D eigenvalue weighted by atomic mass is 10.2. The lowest BCUT2D eigenvalue weighted by Gasteiger charge is -2.03. The summed E-state index contributed by atoms with van der Waals surface area (Å²) < 4.78 is 0. The van der Waals surface area contributed by atoms with Crippen LogP contribution in [0.3, 0.4) is 0 Å². The highest BCUT2D eigenvalue weighted by molar-refractivity contribution is 7.98. The summed E-state index contributed by atoms with van der Waals surface area (Å²) in [5.74, 6) is 0.905. The normalized spacial score (nSPS) is 10.3. The highest BCUT2D eigenvalue weighted by Crippen LogP contribution is 2.23. The van der Waals surface area contributed by atoms with Gasteiger partial charge >= 0.3 is 0 Å². The third kappa shape index (κ3) is 3.08. The summed E-state index contributed by atoms with van der Waals surface area (Å²) in [6.07, 6.45) is 3.66. The Morgan fingerprint density at radius 3 is 2.75 bits per heavy atom. The average Bonchev–Trinajstić information content (AvgIpc) is 2.38. The first kappa shape index (κ1) is 11.2. The van der Waals surface area contributed by atoms with Crippen molar-refractivity contribution >= 4 is 11.8 Å². The van der Waals surface area contributed by atoms with Gasteiger partial charge in [0.2, 0.25) is 0 Å². The van der Waals surface area contributed by atoms with Crippen LogP contribution in [0.15, 0.2) is 53.7 Å². The number of aliphatic hydroxyl groups excluding tert-OH is 1. The van der Waals surface area contributed by atoms with Gasteiger partial charge in [-0.25, -0.2) is 0 Å². The second-order valence-electron chi connectivity index (χ2n) is 3.46. The Hall–Kier alpha value is -1.32. The summed E-state index contributed by atoms with van der Waals surface area (Å²) in [7, 11) is 0. The molecule has 82 valence electrons. The molecule has 1 aromatic carbocycles. The molecule has 0 fully saturated rings. The Morgan fingerprint density at radius 2 is 2.00 bits per heavy atom. The molecule has 0 aliphatic rings. The second-order valence-corrected chi connectivity index (χ2v) is 4.50. The monoisotopic (exact) mass is 231 g/mol. The van der Waals surface area contributed by atoms with Crippen LogP contribution in [0.4, 0.5) is 0 Å². The van der Waals surface area contributed by atoms with E-state index in [1.165, 1.54) is 10.5 Å². The molecule has 1 heterocycles. The summed E-state index contributed by atoms with van der Waals surface area (Å²) >= 11 is 1.75.